The Labute approximate surface area is 157 Å². The number of hydrogen-bond donors (Lipinski definition) is 2. The minimum absolute atomic E-state index is 0.0242. The van der Waals surface area contributed by atoms with E-state index in [0.29, 0.717) is 0 Å². The molecule has 28 heavy (non-hydrogen) atoms. The van der Waals surface area contributed by atoms with Crippen molar-refractivity contribution < 1.29 is 31.1 Å². The lowest BCUT2D eigenvalue weighted by molar-refractivity contribution is -0.139. The highest BCUT2D eigenvalue weighted by molar-refractivity contribution is 5.75. The highest BCUT2D eigenvalue weighted by Crippen LogP contribution is 2.36. The molecule has 0 spiro atoms. The van der Waals surface area contributed by atoms with Crippen molar-refractivity contribution in [1.29, 1.82) is 0 Å². The first kappa shape index (κ1) is 21.5. The third-order valence-electron chi connectivity index (χ3n) is 3.68. The second-order valence-electron chi connectivity index (χ2n) is 6.26. The molecule has 0 aliphatic heterocycles. The van der Waals surface area contributed by atoms with Crippen LogP contribution < -0.4 is 10.6 Å². The fourth-order valence-corrected chi connectivity index (χ4v) is 2.50. The van der Waals surface area contributed by atoms with Crippen LogP contribution in [-0.4, -0.2) is 17.1 Å². The molecule has 1 unspecified atom stereocenters. The van der Waals surface area contributed by atoms with E-state index in [1.165, 1.54) is 0 Å². The molecule has 0 saturated heterocycles. The SMILES string of the molecule is CC(C)NC(=O)NC(c1ccc(C(F)(F)F)cc1)c1ncccc1C(F)(F)F. The summed E-state index contributed by atoms with van der Waals surface area (Å²) in [7, 11) is 0. The lowest BCUT2D eigenvalue weighted by Crippen LogP contribution is -2.42. The Balaban J connectivity index is 2.51. The molecule has 0 bridgehead atoms. The summed E-state index contributed by atoms with van der Waals surface area (Å²) in [5.74, 6) is 0. The number of carbonyl (C=O) groups excluding carboxylic acids is 1. The smallest absolute Gasteiger partial charge is 0.336 e. The van der Waals surface area contributed by atoms with Gasteiger partial charge in [0.1, 0.15) is 0 Å². The van der Waals surface area contributed by atoms with Crippen LogP contribution in [0, 0.1) is 0 Å². The van der Waals surface area contributed by atoms with Crippen LogP contribution in [0.4, 0.5) is 31.1 Å². The number of hydrogen-bond acceptors (Lipinski definition) is 2. The zero-order chi connectivity index (χ0) is 21.1. The first-order valence-electron chi connectivity index (χ1n) is 8.16. The Hall–Kier alpha value is -2.78. The highest BCUT2D eigenvalue weighted by atomic mass is 19.4. The van der Waals surface area contributed by atoms with E-state index < -0.39 is 41.2 Å². The molecule has 0 radical (unpaired) electrons. The Morgan fingerprint density at radius 1 is 0.929 bits per heavy atom. The molecule has 2 aromatic rings. The number of halogens is 6. The standard InChI is InChI=1S/C18H17F6N3O/c1-10(2)26-16(28)27-14(11-5-7-12(8-6-11)17(19,20)21)15-13(18(22,23)24)4-3-9-25-15/h3-10,14H,1-2H3,(H2,26,27,28). The van der Waals surface area contributed by atoms with E-state index in [2.05, 4.69) is 15.6 Å². The molecule has 0 aliphatic rings. The highest BCUT2D eigenvalue weighted by Gasteiger charge is 2.37. The van der Waals surface area contributed by atoms with Crippen molar-refractivity contribution >= 4 is 6.03 Å². The summed E-state index contributed by atoms with van der Waals surface area (Å²) in [5.41, 5.74) is -2.55. The molecular formula is C18H17F6N3O. The van der Waals surface area contributed by atoms with Crippen molar-refractivity contribution in [2.24, 2.45) is 0 Å². The molecule has 0 fully saturated rings. The summed E-state index contributed by atoms with van der Waals surface area (Å²) in [5, 5.41) is 4.83. The van der Waals surface area contributed by atoms with Crippen LogP contribution in [0.15, 0.2) is 42.6 Å². The number of urea groups is 1. The molecule has 2 N–H and O–H groups in total. The number of benzene rings is 1. The van der Waals surface area contributed by atoms with Crippen LogP contribution >= 0.6 is 0 Å². The van der Waals surface area contributed by atoms with E-state index in [9.17, 15) is 31.1 Å². The molecule has 1 aromatic carbocycles. The summed E-state index contributed by atoms with van der Waals surface area (Å²) in [6.07, 6.45) is -8.24. The zero-order valence-electron chi connectivity index (χ0n) is 14.8. The Bertz CT molecular complexity index is 815. The summed E-state index contributed by atoms with van der Waals surface area (Å²) in [6, 6.07) is 2.89. The Morgan fingerprint density at radius 2 is 1.54 bits per heavy atom. The van der Waals surface area contributed by atoms with Crippen molar-refractivity contribution in [2.75, 3.05) is 0 Å². The summed E-state index contributed by atoms with van der Waals surface area (Å²) in [6.45, 7) is 3.29. The predicted octanol–water partition coefficient (Wildman–Crippen LogP) is 4.92. The van der Waals surface area contributed by atoms with E-state index in [1.54, 1.807) is 13.8 Å². The van der Waals surface area contributed by atoms with Crippen LogP contribution in [-0.2, 0) is 12.4 Å². The fraction of sp³-hybridized carbons (Fsp3) is 0.333. The van der Waals surface area contributed by atoms with Crippen LogP contribution in [0.3, 0.4) is 0 Å². The molecule has 1 heterocycles. The third kappa shape index (κ3) is 5.37. The van der Waals surface area contributed by atoms with Crippen molar-refractivity contribution in [3.8, 4) is 0 Å². The maximum absolute atomic E-state index is 13.4. The summed E-state index contributed by atoms with van der Waals surface area (Å²) < 4.78 is 78.5. The van der Waals surface area contributed by atoms with Gasteiger partial charge in [-0.3, -0.25) is 4.98 Å². The average Bonchev–Trinajstić information content (AvgIpc) is 2.58. The van der Waals surface area contributed by atoms with Crippen molar-refractivity contribution in [3.63, 3.8) is 0 Å². The maximum atomic E-state index is 13.4. The van der Waals surface area contributed by atoms with Crippen LogP contribution in [0.5, 0.6) is 0 Å². The molecule has 0 aliphatic carbocycles. The average molecular weight is 405 g/mol. The number of aromatic nitrogens is 1. The molecule has 152 valence electrons. The lowest BCUT2D eigenvalue weighted by atomic mass is 9.98. The van der Waals surface area contributed by atoms with Crippen LogP contribution in [0.25, 0.3) is 0 Å². The van der Waals surface area contributed by atoms with E-state index in [1.807, 2.05) is 0 Å². The van der Waals surface area contributed by atoms with Crippen molar-refractivity contribution in [3.05, 3.63) is 65.0 Å². The van der Waals surface area contributed by atoms with Gasteiger partial charge in [0.05, 0.1) is 22.9 Å². The second kappa shape index (κ2) is 8.07. The molecular weight excluding hydrogens is 388 g/mol. The minimum Gasteiger partial charge on any atom is -0.336 e. The number of nitrogens with one attached hydrogen (secondary N) is 2. The first-order valence-corrected chi connectivity index (χ1v) is 8.16. The molecule has 4 nitrogen and oxygen atoms in total. The van der Waals surface area contributed by atoms with Gasteiger partial charge in [0.25, 0.3) is 0 Å². The molecule has 1 atom stereocenters. The van der Waals surface area contributed by atoms with E-state index in [4.69, 9.17) is 0 Å². The minimum atomic E-state index is -4.76. The predicted molar refractivity (Wildman–Crippen MR) is 89.3 cm³/mol. The van der Waals surface area contributed by atoms with E-state index in [-0.39, 0.29) is 11.6 Å². The summed E-state index contributed by atoms with van der Waals surface area (Å²) in [4.78, 5) is 15.8. The second-order valence-corrected chi connectivity index (χ2v) is 6.26. The van der Waals surface area contributed by atoms with Gasteiger partial charge in [0.15, 0.2) is 0 Å². The monoisotopic (exact) mass is 405 g/mol. The van der Waals surface area contributed by atoms with Crippen molar-refractivity contribution in [2.45, 2.75) is 38.3 Å². The lowest BCUT2D eigenvalue weighted by Gasteiger charge is -2.23. The molecule has 2 amide bonds. The number of carbonyl (C=O) groups is 1. The molecule has 0 saturated carbocycles. The summed E-state index contributed by atoms with van der Waals surface area (Å²) >= 11 is 0. The number of alkyl halides is 6. The van der Waals surface area contributed by atoms with Gasteiger partial charge in [-0.05, 0) is 43.7 Å². The fourth-order valence-electron chi connectivity index (χ4n) is 2.50. The molecule has 10 heteroatoms. The molecule has 2 rings (SSSR count). The van der Waals surface area contributed by atoms with Gasteiger partial charge in [0, 0.05) is 12.2 Å². The number of pyridine rings is 1. The first-order chi connectivity index (χ1) is 12.9. The van der Waals surface area contributed by atoms with Gasteiger partial charge in [-0.2, -0.15) is 26.3 Å². The van der Waals surface area contributed by atoms with Gasteiger partial charge >= 0.3 is 18.4 Å². The van der Waals surface area contributed by atoms with Crippen LogP contribution in [0.2, 0.25) is 0 Å². The zero-order valence-corrected chi connectivity index (χ0v) is 14.8. The van der Waals surface area contributed by atoms with Gasteiger partial charge in [-0.15, -0.1) is 0 Å². The number of amides is 2. The molecule has 1 aromatic heterocycles. The van der Waals surface area contributed by atoms with E-state index in [0.717, 1.165) is 42.6 Å². The van der Waals surface area contributed by atoms with E-state index >= 15 is 0 Å². The maximum Gasteiger partial charge on any atom is 0.418 e. The van der Waals surface area contributed by atoms with Crippen LogP contribution in [0.1, 0.15) is 42.3 Å². The number of rotatable bonds is 4. The van der Waals surface area contributed by atoms with Crippen molar-refractivity contribution in [1.82, 2.24) is 15.6 Å². The van der Waals surface area contributed by atoms with Gasteiger partial charge in [-0.25, -0.2) is 4.79 Å². The largest absolute Gasteiger partial charge is 0.418 e. The Morgan fingerprint density at radius 3 is 2.04 bits per heavy atom. The third-order valence-corrected chi connectivity index (χ3v) is 3.68. The quantitative estimate of drug-likeness (QED) is 0.710. The normalized spacial score (nSPS) is 13.3. The topological polar surface area (TPSA) is 54.0 Å². The number of nitrogens with zero attached hydrogens (tertiary/aromatic N) is 1. The van der Waals surface area contributed by atoms with Gasteiger partial charge in [-0.1, -0.05) is 12.1 Å². The Kier molecular flexibility index (Phi) is 6.20. The van der Waals surface area contributed by atoms with Gasteiger partial charge < -0.3 is 10.6 Å². The van der Waals surface area contributed by atoms with Gasteiger partial charge in [0.2, 0.25) is 0 Å².